The van der Waals surface area contributed by atoms with Gasteiger partial charge < -0.3 is 4.90 Å². The van der Waals surface area contributed by atoms with Gasteiger partial charge in [-0.3, -0.25) is 4.79 Å². The van der Waals surface area contributed by atoms with Crippen molar-refractivity contribution in [3.05, 3.63) is 66.0 Å². The Labute approximate surface area is 165 Å². The van der Waals surface area contributed by atoms with Gasteiger partial charge in [0, 0.05) is 19.6 Å². The van der Waals surface area contributed by atoms with Gasteiger partial charge in [0.25, 0.3) is 0 Å². The number of halogens is 1. The zero-order chi connectivity index (χ0) is 20.1. The first-order valence-corrected chi connectivity index (χ1v) is 10.9. The molecule has 0 radical (unpaired) electrons. The Kier molecular flexibility index (Phi) is 6.46. The molecule has 0 aliphatic carbocycles. The first-order valence-electron chi connectivity index (χ1n) is 9.43. The van der Waals surface area contributed by atoms with Crippen LogP contribution in [0, 0.1) is 11.7 Å². The fraction of sp³-hybridized carbons (Fsp3) is 0.381. The second-order valence-electron chi connectivity index (χ2n) is 7.28. The molecule has 0 atom stereocenters. The minimum atomic E-state index is -3.94. The highest BCUT2D eigenvalue weighted by atomic mass is 32.2. The fourth-order valence-electron chi connectivity index (χ4n) is 3.28. The molecule has 0 N–H and O–H groups in total. The van der Waals surface area contributed by atoms with E-state index in [0.29, 0.717) is 19.0 Å². The minimum Gasteiger partial charge on any atom is -0.342 e. The summed E-state index contributed by atoms with van der Waals surface area (Å²) < 4.78 is 40.7. The Hall–Kier alpha value is -2.25. The first kappa shape index (κ1) is 20.5. The quantitative estimate of drug-likeness (QED) is 0.743. The van der Waals surface area contributed by atoms with Gasteiger partial charge in [0.2, 0.25) is 15.9 Å². The van der Waals surface area contributed by atoms with Crippen molar-refractivity contribution in [1.82, 2.24) is 9.21 Å². The van der Waals surface area contributed by atoms with E-state index in [9.17, 15) is 17.6 Å². The number of amides is 1. The molecule has 2 aromatic rings. The monoisotopic (exact) mass is 404 g/mol. The van der Waals surface area contributed by atoms with E-state index in [1.165, 1.54) is 16.4 Å². The topological polar surface area (TPSA) is 57.7 Å². The van der Waals surface area contributed by atoms with Gasteiger partial charge in [0.1, 0.15) is 5.82 Å². The molecule has 1 aliphatic rings. The minimum absolute atomic E-state index is 0.0232. The van der Waals surface area contributed by atoms with Crippen molar-refractivity contribution >= 4 is 15.9 Å². The molecule has 0 spiro atoms. The van der Waals surface area contributed by atoms with Crippen LogP contribution >= 0.6 is 0 Å². The standard InChI is InChI=1S/C21H25FN2O3S/c1-17-11-13-23(14-12-17)21(25)16-24(15-18-5-3-2-4-6-18)28(26,27)20-9-7-19(22)8-10-20/h2-10,17H,11-16H2,1H3. The van der Waals surface area contributed by atoms with Crippen molar-refractivity contribution in [2.75, 3.05) is 19.6 Å². The summed E-state index contributed by atoms with van der Waals surface area (Å²) in [6.07, 6.45) is 1.85. The predicted octanol–water partition coefficient (Wildman–Crippen LogP) is 3.28. The second-order valence-corrected chi connectivity index (χ2v) is 9.21. The van der Waals surface area contributed by atoms with E-state index in [1.54, 1.807) is 4.90 Å². The van der Waals surface area contributed by atoms with Crippen LogP contribution in [0.25, 0.3) is 0 Å². The number of carbonyl (C=O) groups excluding carboxylic acids is 1. The molecule has 0 bridgehead atoms. The molecule has 0 unspecified atom stereocenters. The summed E-state index contributed by atoms with van der Waals surface area (Å²) in [7, 11) is -3.94. The van der Waals surface area contributed by atoms with Gasteiger partial charge >= 0.3 is 0 Å². The van der Waals surface area contributed by atoms with E-state index in [1.807, 2.05) is 30.3 Å². The van der Waals surface area contributed by atoms with Gasteiger partial charge in [0.05, 0.1) is 11.4 Å². The highest BCUT2D eigenvalue weighted by Gasteiger charge is 2.29. The second kappa shape index (κ2) is 8.84. The molecule has 7 heteroatoms. The van der Waals surface area contributed by atoms with Crippen LogP contribution in [0.4, 0.5) is 4.39 Å². The van der Waals surface area contributed by atoms with Gasteiger partial charge in [-0.1, -0.05) is 37.3 Å². The van der Waals surface area contributed by atoms with E-state index >= 15 is 0 Å². The molecule has 0 aromatic heterocycles. The zero-order valence-electron chi connectivity index (χ0n) is 15.9. The Morgan fingerprint density at radius 2 is 1.68 bits per heavy atom. The third-order valence-electron chi connectivity index (χ3n) is 5.10. The molecule has 1 fully saturated rings. The van der Waals surface area contributed by atoms with Crippen LogP contribution in [0.2, 0.25) is 0 Å². The van der Waals surface area contributed by atoms with E-state index in [4.69, 9.17) is 0 Å². The molecule has 1 amide bonds. The van der Waals surface area contributed by atoms with E-state index < -0.39 is 15.8 Å². The van der Waals surface area contributed by atoms with Crippen LogP contribution in [0.3, 0.4) is 0 Å². The number of sulfonamides is 1. The molecule has 5 nitrogen and oxygen atoms in total. The predicted molar refractivity (Wildman–Crippen MR) is 105 cm³/mol. The van der Waals surface area contributed by atoms with Crippen molar-refractivity contribution < 1.29 is 17.6 Å². The number of carbonyl (C=O) groups is 1. The maximum atomic E-state index is 13.2. The van der Waals surface area contributed by atoms with E-state index in [-0.39, 0.29) is 23.9 Å². The lowest BCUT2D eigenvalue weighted by molar-refractivity contribution is -0.132. The SMILES string of the molecule is CC1CCN(C(=O)CN(Cc2ccccc2)S(=O)(=O)c2ccc(F)cc2)CC1. The normalized spacial score (nSPS) is 15.8. The van der Waals surface area contributed by atoms with Crippen LogP contribution < -0.4 is 0 Å². The molecule has 28 heavy (non-hydrogen) atoms. The summed E-state index contributed by atoms with van der Waals surface area (Å²) >= 11 is 0. The summed E-state index contributed by atoms with van der Waals surface area (Å²) in [5.74, 6) is -0.131. The summed E-state index contributed by atoms with van der Waals surface area (Å²) in [6, 6.07) is 13.8. The lowest BCUT2D eigenvalue weighted by Crippen LogP contribution is -2.45. The molecular formula is C21H25FN2O3S. The van der Waals surface area contributed by atoms with Crippen LogP contribution in [-0.4, -0.2) is 43.2 Å². The summed E-state index contributed by atoms with van der Waals surface area (Å²) in [6.45, 7) is 3.30. The van der Waals surface area contributed by atoms with Crippen molar-refractivity contribution in [1.29, 1.82) is 0 Å². The van der Waals surface area contributed by atoms with Gasteiger partial charge in [-0.05, 0) is 48.6 Å². The first-order chi connectivity index (χ1) is 13.4. The lowest BCUT2D eigenvalue weighted by atomic mass is 9.99. The maximum Gasteiger partial charge on any atom is 0.243 e. The Morgan fingerprint density at radius 3 is 2.29 bits per heavy atom. The Morgan fingerprint density at radius 1 is 1.07 bits per heavy atom. The lowest BCUT2D eigenvalue weighted by Gasteiger charge is -2.32. The van der Waals surface area contributed by atoms with Gasteiger partial charge in [-0.25, -0.2) is 12.8 Å². The molecule has 1 heterocycles. The van der Waals surface area contributed by atoms with Crippen LogP contribution in [0.1, 0.15) is 25.3 Å². The average Bonchev–Trinajstić information content (AvgIpc) is 2.69. The van der Waals surface area contributed by atoms with Crippen molar-refractivity contribution in [3.8, 4) is 0 Å². The van der Waals surface area contributed by atoms with E-state index in [0.717, 1.165) is 30.5 Å². The molecule has 0 saturated carbocycles. The Balaban J connectivity index is 1.84. The van der Waals surface area contributed by atoms with E-state index in [2.05, 4.69) is 6.92 Å². The number of rotatable bonds is 6. The highest BCUT2D eigenvalue weighted by Crippen LogP contribution is 2.21. The van der Waals surface area contributed by atoms with Crippen molar-refractivity contribution in [2.45, 2.75) is 31.2 Å². The molecule has 2 aromatic carbocycles. The van der Waals surface area contributed by atoms with Crippen LogP contribution in [0.5, 0.6) is 0 Å². The molecule has 3 rings (SSSR count). The van der Waals surface area contributed by atoms with Crippen LogP contribution in [0.15, 0.2) is 59.5 Å². The number of piperidine rings is 1. The summed E-state index contributed by atoms with van der Waals surface area (Å²) in [5.41, 5.74) is 0.785. The number of likely N-dealkylation sites (tertiary alicyclic amines) is 1. The number of hydrogen-bond donors (Lipinski definition) is 0. The fourth-order valence-corrected chi connectivity index (χ4v) is 4.65. The van der Waals surface area contributed by atoms with Crippen molar-refractivity contribution in [3.63, 3.8) is 0 Å². The van der Waals surface area contributed by atoms with Gasteiger partial charge in [0.15, 0.2) is 0 Å². The number of benzene rings is 2. The van der Waals surface area contributed by atoms with Crippen molar-refractivity contribution in [2.24, 2.45) is 5.92 Å². The highest BCUT2D eigenvalue weighted by molar-refractivity contribution is 7.89. The molecule has 1 saturated heterocycles. The third-order valence-corrected chi connectivity index (χ3v) is 6.91. The van der Waals surface area contributed by atoms with Crippen LogP contribution in [-0.2, 0) is 21.4 Å². The summed E-state index contributed by atoms with van der Waals surface area (Å²) in [5, 5.41) is 0. The molecule has 150 valence electrons. The zero-order valence-corrected chi connectivity index (χ0v) is 16.7. The Bertz CT molecular complexity index is 893. The third kappa shape index (κ3) is 4.97. The van der Waals surface area contributed by atoms with Gasteiger partial charge in [-0.15, -0.1) is 0 Å². The maximum absolute atomic E-state index is 13.2. The summed E-state index contributed by atoms with van der Waals surface area (Å²) in [4.78, 5) is 14.5. The largest absolute Gasteiger partial charge is 0.342 e. The van der Waals surface area contributed by atoms with Gasteiger partial charge in [-0.2, -0.15) is 4.31 Å². The molecule has 1 aliphatic heterocycles. The average molecular weight is 405 g/mol. The molecular weight excluding hydrogens is 379 g/mol. The number of hydrogen-bond acceptors (Lipinski definition) is 3. The number of nitrogens with zero attached hydrogens (tertiary/aromatic N) is 2. The smallest absolute Gasteiger partial charge is 0.243 e.